The third kappa shape index (κ3) is 1.54. The summed E-state index contributed by atoms with van der Waals surface area (Å²) in [5.41, 5.74) is 4.26. The molecule has 2 aliphatic heterocycles. The fraction of sp³-hybridized carbons (Fsp3) is 0.375. The van der Waals surface area contributed by atoms with E-state index in [-0.39, 0.29) is 0 Å². The van der Waals surface area contributed by atoms with Gasteiger partial charge in [0, 0.05) is 11.1 Å². The topological polar surface area (TPSA) is 36.9 Å². The van der Waals surface area contributed by atoms with Gasteiger partial charge in [0.15, 0.2) is 23.0 Å². The van der Waals surface area contributed by atoms with Gasteiger partial charge in [0.25, 0.3) is 0 Å². The highest BCUT2D eigenvalue weighted by Crippen LogP contribution is 2.42. The molecule has 2 aliphatic carbocycles. The highest BCUT2D eigenvalue weighted by atomic mass is 16.6. The van der Waals surface area contributed by atoms with Gasteiger partial charge in [0.05, 0.1) is 0 Å². The van der Waals surface area contributed by atoms with E-state index in [9.17, 15) is 0 Å². The fourth-order valence-corrected chi connectivity index (χ4v) is 2.92. The van der Waals surface area contributed by atoms with Crippen molar-refractivity contribution in [3.63, 3.8) is 0 Å². The van der Waals surface area contributed by atoms with E-state index in [1.165, 1.54) is 0 Å². The first-order chi connectivity index (χ1) is 9.75. The molecule has 20 heavy (non-hydrogen) atoms. The Kier molecular flexibility index (Phi) is 2.46. The largest absolute Gasteiger partial charge is 0.486 e. The van der Waals surface area contributed by atoms with Gasteiger partial charge in [-0.2, -0.15) is 0 Å². The van der Waals surface area contributed by atoms with E-state index in [1.54, 1.807) is 0 Å². The molecule has 0 radical (unpaired) electrons. The lowest BCUT2D eigenvalue weighted by molar-refractivity contribution is 0.0717. The van der Waals surface area contributed by atoms with Crippen molar-refractivity contribution in [1.82, 2.24) is 0 Å². The average molecular weight is 272 g/mol. The quantitative estimate of drug-likeness (QED) is 0.679. The molecule has 4 rings (SSSR count). The lowest BCUT2D eigenvalue weighted by atomic mass is 10.1. The Morgan fingerprint density at radius 1 is 0.600 bits per heavy atom. The first-order valence-corrected chi connectivity index (χ1v) is 6.88. The highest BCUT2D eigenvalue weighted by molar-refractivity contribution is 5.65. The molecule has 0 saturated carbocycles. The monoisotopic (exact) mass is 272 g/mol. The van der Waals surface area contributed by atoms with Crippen molar-refractivity contribution in [3.8, 4) is 0 Å². The molecule has 0 N–H and O–H groups in total. The van der Waals surface area contributed by atoms with E-state index in [0.29, 0.717) is 26.4 Å². The Bertz CT molecular complexity index is 587. The van der Waals surface area contributed by atoms with Gasteiger partial charge in [0.2, 0.25) is 0 Å². The maximum absolute atomic E-state index is 5.81. The molecule has 0 fully saturated rings. The van der Waals surface area contributed by atoms with Crippen LogP contribution in [0.2, 0.25) is 0 Å². The van der Waals surface area contributed by atoms with Gasteiger partial charge in [-0.3, -0.25) is 0 Å². The zero-order chi connectivity index (χ0) is 13.7. The van der Waals surface area contributed by atoms with Crippen LogP contribution in [-0.2, 0) is 18.9 Å². The summed E-state index contributed by atoms with van der Waals surface area (Å²) >= 11 is 0. The molecular formula is C16H16O4. The van der Waals surface area contributed by atoms with Crippen molar-refractivity contribution in [3.05, 3.63) is 57.5 Å². The van der Waals surface area contributed by atoms with Gasteiger partial charge in [-0.15, -0.1) is 0 Å². The molecule has 4 heteroatoms. The number of rotatable bonds is 0. The average Bonchev–Trinajstić information content (AvgIpc) is 2.99. The highest BCUT2D eigenvalue weighted by Gasteiger charge is 2.33. The molecular weight excluding hydrogens is 256 g/mol. The van der Waals surface area contributed by atoms with E-state index < -0.39 is 0 Å². The van der Waals surface area contributed by atoms with Gasteiger partial charge in [-0.25, -0.2) is 0 Å². The van der Waals surface area contributed by atoms with Gasteiger partial charge < -0.3 is 18.9 Å². The van der Waals surface area contributed by atoms with Crippen molar-refractivity contribution in [2.24, 2.45) is 0 Å². The minimum Gasteiger partial charge on any atom is -0.486 e. The predicted molar refractivity (Wildman–Crippen MR) is 72.4 cm³/mol. The van der Waals surface area contributed by atoms with Crippen LogP contribution in [0.4, 0.5) is 0 Å². The maximum atomic E-state index is 5.81. The first-order valence-electron chi connectivity index (χ1n) is 6.88. The summed E-state index contributed by atoms with van der Waals surface area (Å²) in [5.74, 6) is 3.37. The van der Waals surface area contributed by atoms with Gasteiger partial charge in [-0.05, 0) is 37.1 Å². The molecule has 0 aromatic carbocycles. The third-order valence-electron chi connectivity index (χ3n) is 3.78. The number of allylic oxidation sites excluding steroid dienone is 4. The molecule has 4 aliphatic rings. The Morgan fingerprint density at radius 2 is 0.950 bits per heavy atom. The van der Waals surface area contributed by atoms with Crippen LogP contribution in [0.1, 0.15) is 13.8 Å². The summed E-state index contributed by atoms with van der Waals surface area (Å²) in [4.78, 5) is 0. The summed E-state index contributed by atoms with van der Waals surface area (Å²) in [6.45, 7) is 6.46. The van der Waals surface area contributed by atoms with E-state index in [1.807, 2.05) is 13.8 Å². The molecule has 0 amide bonds. The molecule has 0 spiro atoms. The zero-order valence-electron chi connectivity index (χ0n) is 11.6. The molecule has 0 bridgehead atoms. The van der Waals surface area contributed by atoms with Crippen LogP contribution in [0.3, 0.4) is 0 Å². The van der Waals surface area contributed by atoms with E-state index >= 15 is 0 Å². The van der Waals surface area contributed by atoms with Crippen LogP contribution < -0.4 is 0 Å². The van der Waals surface area contributed by atoms with Gasteiger partial charge in [-0.1, -0.05) is 0 Å². The van der Waals surface area contributed by atoms with Crippen molar-refractivity contribution < 1.29 is 18.9 Å². The van der Waals surface area contributed by atoms with Crippen LogP contribution in [0.5, 0.6) is 0 Å². The molecule has 4 nitrogen and oxygen atoms in total. The van der Waals surface area contributed by atoms with Crippen molar-refractivity contribution >= 4 is 0 Å². The normalized spacial score (nSPS) is 27.9. The van der Waals surface area contributed by atoms with Crippen molar-refractivity contribution in [2.75, 3.05) is 26.4 Å². The smallest absolute Gasteiger partial charge is 0.169 e. The summed E-state index contributed by atoms with van der Waals surface area (Å²) in [7, 11) is 0. The summed E-state index contributed by atoms with van der Waals surface area (Å²) < 4.78 is 23.0. The second kappa shape index (κ2) is 4.20. The number of hydrogen-bond donors (Lipinski definition) is 0. The fourth-order valence-electron chi connectivity index (χ4n) is 2.92. The Morgan fingerprint density at radius 3 is 1.35 bits per heavy atom. The van der Waals surface area contributed by atoms with Crippen LogP contribution in [0.15, 0.2) is 57.5 Å². The molecule has 0 saturated heterocycles. The summed E-state index contributed by atoms with van der Waals surface area (Å²) in [6.07, 6.45) is 4.20. The Hall–Kier alpha value is -2.10. The molecule has 0 aromatic heterocycles. The van der Waals surface area contributed by atoms with E-state index in [4.69, 9.17) is 18.9 Å². The SMILES string of the molecule is CC1=C/C(=C2\C=C(C)C3=C2OCCO3)C2=C1OCCO2. The summed E-state index contributed by atoms with van der Waals surface area (Å²) in [6, 6.07) is 0. The Labute approximate surface area is 117 Å². The van der Waals surface area contributed by atoms with Crippen LogP contribution >= 0.6 is 0 Å². The van der Waals surface area contributed by atoms with Gasteiger partial charge in [0.1, 0.15) is 26.4 Å². The number of ether oxygens (including phenoxy) is 4. The lowest BCUT2D eigenvalue weighted by Crippen LogP contribution is -2.15. The third-order valence-corrected chi connectivity index (χ3v) is 3.78. The van der Waals surface area contributed by atoms with Crippen LogP contribution in [-0.4, -0.2) is 26.4 Å². The first kappa shape index (κ1) is 11.7. The predicted octanol–water partition coefficient (Wildman–Crippen LogP) is 2.72. The molecule has 104 valence electrons. The lowest BCUT2D eigenvalue weighted by Gasteiger charge is -2.21. The van der Waals surface area contributed by atoms with Crippen LogP contribution in [0, 0.1) is 0 Å². The van der Waals surface area contributed by atoms with E-state index in [0.717, 1.165) is 45.3 Å². The standard InChI is InChI=1S/C16H16O4/c1-9-7-11(15-13(9)17-3-5-19-15)12-8-10(2)14-16(12)20-6-4-18-14/h7-8H,3-6H2,1-2H3/b12-11-. The molecule has 2 heterocycles. The maximum Gasteiger partial charge on any atom is 0.169 e. The number of hydrogen-bond acceptors (Lipinski definition) is 4. The van der Waals surface area contributed by atoms with Gasteiger partial charge >= 0.3 is 0 Å². The molecule has 0 aromatic rings. The van der Waals surface area contributed by atoms with E-state index in [2.05, 4.69) is 12.2 Å². The van der Waals surface area contributed by atoms with Crippen molar-refractivity contribution in [2.45, 2.75) is 13.8 Å². The zero-order valence-corrected chi connectivity index (χ0v) is 11.6. The van der Waals surface area contributed by atoms with Crippen LogP contribution in [0.25, 0.3) is 0 Å². The Balaban J connectivity index is 1.88. The minimum atomic E-state index is 0.586. The second-order valence-corrected chi connectivity index (χ2v) is 5.19. The molecule has 0 atom stereocenters. The van der Waals surface area contributed by atoms with Crippen molar-refractivity contribution in [1.29, 1.82) is 0 Å². The molecule has 0 unspecified atom stereocenters. The second-order valence-electron chi connectivity index (χ2n) is 5.19. The summed E-state index contributed by atoms with van der Waals surface area (Å²) in [5, 5.41) is 0. The minimum absolute atomic E-state index is 0.586.